The largest absolute Gasteiger partial charge is 0.345 e. The summed E-state index contributed by atoms with van der Waals surface area (Å²) in [6.07, 6.45) is 3.08. The zero-order chi connectivity index (χ0) is 61.0. The maximum Gasteiger partial charge on any atom is 0.322 e. The third-order valence-corrected chi connectivity index (χ3v) is 17.3. The van der Waals surface area contributed by atoms with Crippen LogP contribution in [0.4, 0.5) is 19.2 Å². The van der Waals surface area contributed by atoms with Crippen molar-refractivity contribution < 1.29 is 41.8 Å². The van der Waals surface area contributed by atoms with Crippen LogP contribution in [0, 0.1) is 11.8 Å². The molecule has 4 aromatic rings. The third-order valence-electron chi connectivity index (χ3n) is 14.4. The topological polar surface area (TPSA) is 222 Å². The Morgan fingerprint density at radius 3 is 1.32 bits per heavy atom. The number of urea groups is 4. The molecule has 25 heteroatoms. The van der Waals surface area contributed by atoms with Crippen LogP contribution in [0.3, 0.4) is 0 Å². The minimum atomic E-state index is -2.11. The molecule has 4 unspecified atom stereocenters. The molecule has 11 amide bonds. The normalized spacial score (nSPS) is 28.1. The fourth-order valence-electron chi connectivity index (χ4n) is 9.83. The third kappa shape index (κ3) is 11.4. The van der Waals surface area contributed by atoms with Crippen LogP contribution in [0.2, 0.25) is 40.2 Å². The van der Waals surface area contributed by atoms with E-state index in [4.69, 9.17) is 101 Å². The van der Waals surface area contributed by atoms with Crippen LogP contribution in [0.15, 0.2) is 48.5 Å². The molecule has 77 heavy (non-hydrogen) atoms. The monoisotopic (exact) mass is 1210 g/mol. The Hall–Kier alpha value is -4.95. The summed E-state index contributed by atoms with van der Waals surface area (Å²) >= 11 is 47.5. The Morgan fingerprint density at radius 2 is 0.922 bits per heavy atom. The molecule has 0 spiro atoms. The van der Waals surface area contributed by atoms with Crippen LogP contribution in [-0.4, -0.2) is 75.8 Å². The molecule has 2 saturated carbocycles. The summed E-state index contributed by atoms with van der Waals surface area (Å²) in [6.45, 7) is 1.21. The van der Waals surface area contributed by atoms with Crippen LogP contribution < -0.4 is 42.5 Å². The van der Waals surface area contributed by atoms with E-state index in [1.165, 1.54) is 12.1 Å². The number of carbonyl (C=O) groups is 7. The quantitative estimate of drug-likeness (QED) is 0.0866. The Balaban J connectivity index is 0.000000141. The van der Waals surface area contributed by atoms with Crippen molar-refractivity contribution in [2.45, 2.75) is 108 Å². The standard InChI is InChI=1S/2C17H18Cl2N4O3.C9H7Cl2NO.C9H9Cl2N/c2*1-8-11-5-13(19)12(18)4-9(11)6-23(8)16(26)20-7-17(10-2-3-10)14(24)21-15(25)22-17;1-4-5-2-7(10)8(11)3-6(5)9(13)12-4;1-5-7-3-9(11)8(10)2-6(7)4-12-5/h2*4-5,8,10H,2-3,6-7H2,1H3,(H,20,26)(H2,21,22,24,25);2-4H,1H3,(H,12,13);2-3,5,12H,4H2,1H3/t2*8?,17-;;/m00../s1/i2*6D2;;4D2. The first-order chi connectivity index (χ1) is 38.7. The lowest BCUT2D eigenvalue weighted by molar-refractivity contribution is -0.125. The van der Waals surface area contributed by atoms with Gasteiger partial charge in [0.2, 0.25) is 0 Å². The van der Waals surface area contributed by atoms with Crippen LogP contribution in [0.25, 0.3) is 0 Å². The van der Waals surface area contributed by atoms with Crippen molar-refractivity contribution in [1.29, 1.82) is 0 Å². The highest BCUT2D eigenvalue weighted by atomic mass is 35.5. The lowest BCUT2D eigenvalue weighted by Crippen LogP contribution is -2.58. The number of benzene rings is 4. The summed E-state index contributed by atoms with van der Waals surface area (Å²) in [4.78, 5) is 87.1. The van der Waals surface area contributed by atoms with E-state index < -0.39 is 78.6 Å². The Kier molecular flexibility index (Phi) is 14.2. The molecule has 0 bridgehead atoms. The zero-order valence-corrected chi connectivity index (χ0v) is 47.1. The minimum Gasteiger partial charge on any atom is -0.345 e. The molecule has 2 aliphatic carbocycles. The first-order valence-corrected chi connectivity index (χ1v) is 27.2. The molecule has 6 atom stereocenters. The number of hydrogen-bond acceptors (Lipinski definition) is 8. The highest BCUT2D eigenvalue weighted by molar-refractivity contribution is 6.43. The van der Waals surface area contributed by atoms with E-state index in [9.17, 15) is 33.6 Å². The van der Waals surface area contributed by atoms with Crippen molar-refractivity contribution >= 4 is 135 Å². The molecule has 6 aliphatic heterocycles. The molecule has 17 nitrogen and oxygen atoms in total. The summed E-state index contributed by atoms with van der Waals surface area (Å²) in [6, 6.07) is 8.90. The summed E-state index contributed by atoms with van der Waals surface area (Å²) in [7, 11) is 0. The first kappa shape index (κ1) is 49.1. The number of nitrogens with one attached hydrogen (secondary N) is 8. The van der Waals surface area contributed by atoms with Gasteiger partial charge < -0.3 is 41.7 Å². The average molecular weight is 1220 g/mol. The van der Waals surface area contributed by atoms with Gasteiger partial charge in [0, 0.05) is 33.8 Å². The number of amides is 11. The van der Waals surface area contributed by atoms with Crippen molar-refractivity contribution in [3.05, 3.63) is 133 Å². The second-order valence-electron chi connectivity index (χ2n) is 19.5. The van der Waals surface area contributed by atoms with Crippen molar-refractivity contribution in [3.63, 3.8) is 0 Å². The number of rotatable bonds is 6. The number of halogens is 8. The molecule has 6 heterocycles. The lowest BCUT2D eigenvalue weighted by atomic mass is 9.93. The number of hydrogen-bond donors (Lipinski definition) is 8. The predicted molar refractivity (Wildman–Crippen MR) is 296 cm³/mol. The van der Waals surface area contributed by atoms with Crippen LogP contribution in [0.5, 0.6) is 0 Å². The van der Waals surface area contributed by atoms with Crippen LogP contribution >= 0.6 is 92.8 Å². The molecule has 408 valence electrons. The molecule has 4 aromatic carbocycles. The number of fused-ring (bicyclic) bond motifs is 4. The molecule has 2 saturated heterocycles. The van der Waals surface area contributed by atoms with Gasteiger partial charge in [-0.2, -0.15) is 0 Å². The van der Waals surface area contributed by atoms with Gasteiger partial charge >= 0.3 is 24.1 Å². The van der Waals surface area contributed by atoms with Crippen molar-refractivity contribution in [2.24, 2.45) is 11.8 Å². The number of nitrogens with zero attached hydrogens (tertiary/aromatic N) is 2. The molecule has 0 radical (unpaired) electrons. The number of imide groups is 2. The van der Waals surface area contributed by atoms with Gasteiger partial charge in [0.15, 0.2) is 0 Å². The lowest BCUT2D eigenvalue weighted by Gasteiger charge is -2.29. The average Bonchev–Trinajstić information content (AvgIpc) is 2.13. The van der Waals surface area contributed by atoms with E-state index in [-0.39, 0.29) is 74.1 Å². The van der Waals surface area contributed by atoms with Gasteiger partial charge in [-0.3, -0.25) is 25.0 Å². The molecule has 8 N–H and O–H groups in total. The van der Waals surface area contributed by atoms with E-state index in [1.807, 2.05) is 13.8 Å². The van der Waals surface area contributed by atoms with Gasteiger partial charge in [-0.05, 0) is 153 Å². The SMILES string of the molecule is CC1NC(=O)c2cc(Cl)c(Cl)cc21.[2H]C1([2H])NC(C)c2cc(Cl)c(Cl)cc21.[2H]C1([2H])c2cc(Cl)c(Cl)cc2C(C)N1C(=O)NC[C@@]1(C2CC2)NC(=O)NC1=O.[2H]C1([2H])c2cc(Cl)c(Cl)cc2C(C)N1C(=O)NC[C@@]1(C2CC2)NC(=O)NC1=O. The summed E-state index contributed by atoms with van der Waals surface area (Å²) in [5.74, 6) is -1.14. The second-order valence-corrected chi connectivity index (χ2v) is 22.8. The first-order valence-electron chi connectivity index (χ1n) is 27.1. The van der Waals surface area contributed by atoms with E-state index in [0.29, 0.717) is 42.3 Å². The van der Waals surface area contributed by atoms with Gasteiger partial charge in [0.1, 0.15) is 11.1 Å². The molecule has 12 rings (SSSR count). The van der Waals surface area contributed by atoms with Crippen molar-refractivity contribution in [3.8, 4) is 0 Å². The van der Waals surface area contributed by atoms with Gasteiger partial charge in [0.05, 0.1) is 76.9 Å². The summed E-state index contributed by atoms with van der Waals surface area (Å²) in [5, 5.41) is 23.3. The van der Waals surface area contributed by atoms with Gasteiger partial charge in [-0.15, -0.1) is 0 Å². The second kappa shape index (κ2) is 22.3. The molecule has 0 aromatic heterocycles. The van der Waals surface area contributed by atoms with Gasteiger partial charge in [-0.25, -0.2) is 19.2 Å². The maximum atomic E-state index is 12.9. The highest BCUT2D eigenvalue weighted by Gasteiger charge is 2.57. The minimum absolute atomic E-state index is 0.0252. The Morgan fingerprint density at radius 1 is 0.545 bits per heavy atom. The van der Waals surface area contributed by atoms with Crippen molar-refractivity contribution in [1.82, 2.24) is 52.3 Å². The maximum absolute atomic E-state index is 12.9. The highest BCUT2D eigenvalue weighted by Crippen LogP contribution is 2.44. The molecule has 8 aliphatic rings. The fourth-order valence-corrected chi connectivity index (χ4v) is 11.2. The molecular weight excluding hydrogens is 1160 g/mol. The zero-order valence-electron chi connectivity index (χ0n) is 47.1. The summed E-state index contributed by atoms with van der Waals surface area (Å²) < 4.78 is 49.2. The Bertz CT molecular complexity index is 3310. The van der Waals surface area contributed by atoms with E-state index in [2.05, 4.69) is 42.5 Å². The molecular formula is C52H52Cl8N10O7. The van der Waals surface area contributed by atoms with Gasteiger partial charge in [-0.1, -0.05) is 92.8 Å². The van der Waals surface area contributed by atoms with Crippen LogP contribution in [-0.2, 0) is 29.1 Å². The molecule has 4 fully saturated rings. The summed E-state index contributed by atoms with van der Waals surface area (Å²) in [5.41, 5.74) is 2.30. The van der Waals surface area contributed by atoms with Crippen LogP contribution in [0.1, 0.15) is 135 Å². The van der Waals surface area contributed by atoms with Crippen molar-refractivity contribution in [2.75, 3.05) is 13.1 Å². The van der Waals surface area contributed by atoms with Gasteiger partial charge in [0.25, 0.3) is 17.7 Å². The van der Waals surface area contributed by atoms with E-state index >= 15 is 0 Å². The Labute approximate surface area is 492 Å². The smallest absolute Gasteiger partial charge is 0.322 e. The fraction of sp³-hybridized carbons (Fsp3) is 0.404. The van der Waals surface area contributed by atoms with E-state index in [0.717, 1.165) is 46.6 Å². The van der Waals surface area contributed by atoms with E-state index in [1.54, 1.807) is 50.2 Å². The predicted octanol–water partition coefficient (Wildman–Crippen LogP) is 11.1. The number of carbonyl (C=O) groups excluding carboxylic acids is 7.